The van der Waals surface area contributed by atoms with Gasteiger partial charge in [0.25, 0.3) is 5.91 Å². The molecule has 0 bridgehead atoms. The van der Waals surface area contributed by atoms with Crippen molar-refractivity contribution in [1.29, 1.82) is 0 Å². The minimum atomic E-state index is -3.98. The number of carbonyl (C=O) groups excluding carboxylic acids is 1. The number of benzene rings is 1. The van der Waals surface area contributed by atoms with Crippen LogP contribution in [0.15, 0.2) is 30.5 Å². The molecule has 12 heteroatoms. The molecule has 1 aromatic carbocycles. The van der Waals surface area contributed by atoms with Gasteiger partial charge in [0.1, 0.15) is 0 Å². The summed E-state index contributed by atoms with van der Waals surface area (Å²) in [5.41, 5.74) is 4.04. The fourth-order valence-corrected chi connectivity index (χ4v) is 7.52. The van der Waals surface area contributed by atoms with Crippen LogP contribution in [0.5, 0.6) is 0 Å². The van der Waals surface area contributed by atoms with Crippen molar-refractivity contribution in [3.8, 4) is 10.4 Å². The van der Waals surface area contributed by atoms with E-state index in [0.717, 1.165) is 15.6 Å². The second-order valence-corrected chi connectivity index (χ2v) is 13.0. The van der Waals surface area contributed by atoms with Crippen LogP contribution < -0.4 is 10.4 Å². The Balaban J connectivity index is 0.00000342. The van der Waals surface area contributed by atoms with Crippen LogP contribution in [0.4, 0.5) is 5.13 Å². The van der Waals surface area contributed by atoms with Gasteiger partial charge in [-0.05, 0) is 16.5 Å². The highest BCUT2D eigenvalue weighted by molar-refractivity contribution is 7.91. The fourth-order valence-electron chi connectivity index (χ4n) is 4.45. The Morgan fingerprint density at radius 1 is 1.11 bits per heavy atom. The second-order valence-electron chi connectivity index (χ2n) is 9.77. The molecule has 0 radical (unpaired) electrons. The minimum absolute atomic E-state index is 0. The number of aromatic nitrogens is 1. The Labute approximate surface area is 216 Å². The van der Waals surface area contributed by atoms with E-state index >= 15 is 0 Å². The average molecular weight is 545 g/mol. The van der Waals surface area contributed by atoms with Crippen molar-refractivity contribution < 1.29 is 23.2 Å². The van der Waals surface area contributed by atoms with Gasteiger partial charge in [-0.1, -0.05) is 56.4 Å². The number of hydroxylamine groups is 1. The molecule has 35 heavy (non-hydrogen) atoms. The molecule has 2 aliphatic rings. The molecule has 0 spiro atoms. The van der Waals surface area contributed by atoms with E-state index in [1.807, 2.05) is 6.20 Å². The van der Waals surface area contributed by atoms with Gasteiger partial charge in [0.2, 0.25) is 10.0 Å². The summed E-state index contributed by atoms with van der Waals surface area (Å²) in [5, 5.41) is 10.1. The van der Waals surface area contributed by atoms with E-state index < -0.39 is 20.7 Å². The number of nitrogens with one attached hydrogen (secondary N) is 1. The molecule has 2 saturated heterocycles. The number of sulfonamides is 1. The van der Waals surface area contributed by atoms with Crippen molar-refractivity contribution in [2.75, 3.05) is 44.3 Å². The molecule has 0 aliphatic carbocycles. The number of piperazine rings is 1. The van der Waals surface area contributed by atoms with Gasteiger partial charge in [0.15, 0.2) is 9.88 Å². The van der Waals surface area contributed by atoms with Crippen LogP contribution in [0.2, 0.25) is 0 Å². The van der Waals surface area contributed by atoms with Gasteiger partial charge in [0, 0.05) is 58.4 Å². The van der Waals surface area contributed by atoms with Gasteiger partial charge in [0.05, 0.1) is 4.88 Å². The molecule has 0 unspecified atom stereocenters. The Kier molecular flexibility index (Phi) is 8.50. The largest absolute Gasteiger partial charge is 0.381 e. The van der Waals surface area contributed by atoms with Gasteiger partial charge in [-0.2, -0.15) is 4.31 Å². The van der Waals surface area contributed by atoms with Gasteiger partial charge in [-0.15, -0.1) is 12.4 Å². The van der Waals surface area contributed by atoms with E-state index in [1.54, 1.807) is 16.8 Å². The van der Waals surface area contributed by atoms with Crippen LogP contribution in [0.3, 0.4) is 0 Å². The number of thiazole rings is 1. The first-order valence-corrected chi connectivity index (χ1v) is 13.7. The van der Waals surface area contributed by atoms with Gasteiger partial charge in [-0.25, -0.2) is 18.9 Å². The summed E-state index contributed by atoms with van der Waals surface area (Å²) in [5.74, 6) is -0.889. The summed E-state index contributed by atoms with van der Waals surface area (Å²) in [6, 6.07) is 8.52. The van der Waals surface area contributed by atoms with E-state index in [4.69, 9.17) is 4.74 Å². The Bertz CT molecular complexity index is 1120. The average Bonchev–Trinajstić information content (AvgIpc) is 3.34. The molecule has 2 aliphatic heterocycles. The fraction of sp³-hybridized carbons (Fsp3) is 0.565. The molecule has 2 aromatic rings. The summed E-state index contributed by atoms with van der Waals surface area (Å²) in [6.45, 7) is 8.32. The van der Waals surface area contributed by atoms with Gasteiger partial charge < -0.3 is 9.64 Å². The highest BCUT2D eigenvalue weighted by Crippen LogP contribution is 2.36. The quantitative estimate of drug-likeness (QED) is 0.439. The molecular weight excluding hydrogens is 512 g/mol. The third-order valence-electron chi connectivity index (χ3n) is 6.69. The van der Waals surface area contributed by atoms with Crippen LogP contribution in [0, 0.1) is 0 Å². The maximum Gasteiger partial charge on any atom is 0.266 e. The summed E-state index contributed by atoms with van der Waals surface area (Å²) in [4.78, 5) is 20.2. The maximum atomic E-state index is 13.5. The number of nitrogens with zero attached hydrogens (tertiary/aromatic N) is 3. The van der Waals surface area contributed by atoms with E-state index in [9.17, 15) is 18.4 Å². The van der Waals surface area contributed by atoms with E-state index in [1.165, 1.54) is 9.87 Å². The molecule has 2 fully saturated rings. The second kappa shape index (κ2) is 10.7. The van der Waals surface area contributed by atoms with Crippen molar-refractivity contribution in [2.24, 2.45) is 0 Å². The summed E-state index contributed by atoms with van der Waals surface area (Å²) < 4.78 is 31.9. The Hall–Kier alpha value is -1.76. The number of ether oxygens (including phenoxy) is 1. The predicted octanol–water partition coefficient (Wildman–Crippen LogP) is 3.04. The number of hydrogen-bond acceptors (Lipinski definition) is 8. The van der Waals surface area contributed by atoms with E-state index in [0.29, 0.717) is 13.1 Å². The molecule has 1 amide bonds. The Morgan fingerprint density at radius 2 is 1.71 bits per heavy atom. The van der Waals surface area contributed by atoms with Crippen molar-refractivity contribution in [3.05, 3.63) is 36.0 Å². The monoisotopic (exact) mass is 544 g/mol. The van der Waals surface area contributed by atoms with Gasteiger partial charge >= 0.3 is 0 Å². The van der Waals surface area contributed by atoms with Crippen LogP contribution in [0.25, 0.3) is 10.4 Å². The molecule has 1 aromatic heterocycles. The number of rotatable bonds is 5. The molecule has 0 atom stereocenters. The normalized spacial score (nSPS) is 19.1. The zero-order chi connectivity index (χ0) is 24.6. The first-order valence-electron chi connectivity index (χ1n) is 11.4. The summed E-state index contributed by atoms with van der Waals surface area (Å²) >= 11 is 1.58. The molecule has 0 saturated carbocycles. The first-order chi connectivity index (χ1) is 16.1. The number of halogens is 1. The topological polar surface area (TPSA) is 112 Å². The van der Waals surface area contributed by atoms with Crippen molar-refractivity contribution in [2.45, 2.75) is 43.8 Å². The van der Waals surface area contributed by atoms with Crippen molar-refractivity contribution in [1.82, 2.24) is 14.8 Å². The SMILES string of the molecule is CC(C)(C)c1ccc(-c2cnc(N3CCN(S(=O)(=O)C4(C(=O)NO)CCOCC4)CC3)s2)cc1.Cl. The zero-order valence-electron chi connectivity index (χ0n) is 20.2. The molecule has 9 nitrogen and oxygen atoms in total. The number of hydrogen-bond donors (Lipinski definition) is 2. The highest BCUT2D eigenvalue weighted by atomic mass is 35.5. The van der Waals surface area contributed by atoms with Crippen LogP contribution in [-0.2, 0) is 25.0 Å². The smallest absolute Gasteiger partial charge is 0.266 e. The third-order valence-corrected chi connectivity index (χ3v) is 10.4. The number of amides is 1. The lowest BCUT2D eigenvalue weighted by molar-refractivity contribution is -0.134. The van der Waals surface area contributed by atoms with Crippen LogP contribution >= 0.6 is 23.7 Å². The molecular formula is C23H33ClN4O5S2. The van der Waals surface area contributed by atoms with E-state index in [2.05, 4.69) is 54.9 Å². The van der Waals surface area contributed by atoms with Crippen LogP contribution in [0.1, 0.15) is 39.2 Å². The zero-order valence-corrected chi connectivity index (χ0v) is 22.6. The van der Waals surface area contributed by atoms with Crippen LogP contribution in [-0.4, -0.2) is 73.0 Å². The minimum Gasteiger partial charge on any atom is -0.381 e. The first kappa shape index (κ1) is 27.8. The van der Waals surface area contributed by atoms with Crippen molar-refractivity contribution >= 4 is 44.8 Å². The lowest BCUT2D eigenvalue weighted by atomic mass is 9.87. The molecule has 4 rings (SSSR count). The third kappa shape index (κ3) is 5.35. The summed E-state index contributed by atoms with van der Waals surface area (Å²) in [6.07, 6.45) is 1.90. The summed E-state index contributed by atoms with van der Waals surface area (Å²) in [7, 11) is -3.98. The molecule has 194 valence electrons. The molecule has 3 heterocycles. The van der Waals surface area contributed by atoms with Crippen molar-refractivity contribution in [3.63, 3.8) is 0 Å². The molecule has 2 N–H and O–H groups in total. The number of anilines is 1. The Morgan fingerprint density at radius 3 is 2.26 bits per heavy atom. The van der Waals surface area contributed by atoms with Gasteiger partial charge in [-0.3, -0.25) is 10.0 Å². The lowest BCUT2D eigenvalue weighted by Gasteiger charge is -2.41. The predicted molar refractivity (Wildman–Crippen MR) is 139 cm³/mol. The lowest BCUT2D eigenvalue weighted by Crippen LogP contribution is -2.62. The number of carbonyl (C=O) groups is 1. The maximum absolute atomic E-state index is 13.5. The standard InChI is InChI=1S/C23H32N4O5S2.ClH/c1-22(2,3)18-6-4-17(5-7-18)19-16-24-21(33-19)26-10-12-27(13-11-26)34(30,31)23(20(28)25-29)8-14-32-15-9-23;/h4-7,16,29H,8-15H2,1-3H3,(H,25,28);1H. The highest BCUT2D eigenvalue weighted by Gasteiger charge is 2.54. The van der Waals surface area contributed by atoms with E-state index in [-0.39, 0.29) is 57.0 Å².